The fourth-order valence-electron chi connectivity index (χ4n) is 3.12. The maximum atomic E-state index is 14.6. The first kappa shape index (κ1) is 19.9. The van der Waals surface area contributed by atoms with E-state index in [1.54, 1.807) is 32.0 Å². The molecule has 1 unspecified atom stereocenters. The number of alkyl halides is 1. The summed E-state index contributed by atoms with van der Waals surface area (Å²) in [5.74, 6) is -0.946. The normalized spacial score (nSPS) is 25.5. The lowest BCUT2D eigenvalue weighted by Crippen LogP contribution is -2.39. The van der Waals surface area contributed by atoms with Crippen LogP contribution in [0.25, 0.3) is 0 Å². The highest BCUT2D eigenvalue weighted by atomic mass is 19.1. The minimum atomic E-state index is -2.40. The second-order valence-corrected chi connectivity index (χ2v) is 6.51. The monoisotopic (exact) mass is 394 g/mol. The minimum absolute atomic E-state index is 0.187. The number of aromatic nitrogens is 2. The molecule has 0 spiro atoms. The van der Waals surface area contributed by atoms with Crippen LogP contribution in [-0.4, -0.2) is 50.4 Å². The van der Waals surface area contributed by atoms with E-state index < -0.39 is 48.1 Å². The maximum Gasteiger partial charge on any atom is 0.341 e. The van der Waals surface area contributed by atoms with Gasteiger partial charge in [-0.15, -0.1) is 0 Å². The molecule has 0 aliphatic carbocycles. The third kappa shape index (κ3) is 3.61. The van der Waals surface area contributed by atoms with Crippen LogP contribution >= 0.6 is 0 Å². The van der Waals surface area contributed by atoms with Crippen molar-refractivity contribution in [1.29, 1.82) is 0 Å². The number of nitrogens with zero attached hydrogens (tertiary/aromatic N) is 1. The fourth-order valence-corrected chi connectivity index (χ4v) is 3.12. The van der Waals surface area contributed by atoms with E-state index in [2.05, 4.69) is 0 Å². The Morgan fingerprint density at radius 2 is 1.86 bits per heavy atom. The van der Waals surface area contributed by atoms with Gasteiger partial charge in [-0.05, 0) is 25.0 Å². The lowest BCUT2D eigenvalue weighted by Gasteiger charge is -2.20. The van der Waals surface area contributed by atoms with E-state index in [1.165, 1.54) is 0 Å². The Hall–Kier alpha value is -2.82. The number of nitrogens with one attached hydrogen (secondary N) is 1. The second kappa shape index (κ2) is 7.66. The van der Waals surface area contributed by atoms with Crippen LogP contribution in [0.1, 0.15) is 27.7 Å². The zero-order chi connectivity index (χ0) is 20.6. The summed E-state index contributed by atoms with van der Waals surface area (Å²) >= 11 is 0. The lowest BCUT2D eigenvalue weighted by atomic mass is 10.0. The van der Waals surface area contributed by atoms with E-state index in [1.807, 2.05) is 4.98 Å². The molecule has 3 N–H and O–H groups in total. The van der Waals surface area contributed by atoms with E-state index >= 15 is 0 Å². The van der Waals surface area contributed by atoms with Crippen LogP contribution in [0, 0.1) is 13.8 Å². The first-order valence-corrected chi connectivity index (χ1v) is 8.45. The van der Waals surface area contributed by atoms with Gasteiger partial charge in [0, 0.05) is 12.3 Å². The topological polar surface area (TPSA) is 131 Å². The number of aliphatic hydroxyl groups is 2. The summed E-state index contributed by atoms with van der Waals surface area (Å²) in [6.07, 6.45) is -8.02. The SMILES string of the molecule is Cc1cccc(C)c1C(=O)OC(F)[C@H]1O[C@@H](n2ccc(=O)[nH]c2=O)[C@H](O)[C@@H]1O. The van der Waals surface area contributed by atoms with Crippen molar-refractivity contribution in [1.82, 2.24) is 9.55 Å². The summed E-state index contributed by atoms with van der Waals surface area (Å²) in [5.41, 5.74) is -0.221. The Morgan fingerprint density at radius 3 is 2.46 bits per heavy atom. The number of aromatic amines is 1. The molecule has 0 saturated carbocycles. The Labute approximate surface area is 158 Å². The Balaban J connectivity index is 1.79. The molecular formula is C18H19FN2O7. The summed E-state index contributed by atoms with van der Waals surface area (Å²) in [5, 5.41) is 20.2. The molecule has 0 radical (unpaired) electrons. The highest BCUT2D eigenvalue weighted by molar-refractivity contribution is 5.92. The van der Waals surface area contributed by atoms with Crippen LogP contribution < -0.4 is 11.2 Å². The van der Waals surface area contributed by atoms with Gasteiger partial charge in [0.2, 0.25) is 0 Å². The van der Waals surface area contributed by atoms with E-state index in [0.29, 0.717) is 11.1 Å². The molecule has 1 fully saturated rings. The van der Waals surface area contributed by atoms with E-state index in [-0.39, 0.29) is 5.56 Å². The zero-order valence-corrected chi connectivity index (χ0v) is 15.0. The first-order chi connectivity index (χ1) is 13.2. The molecule has 1 aliphatic rings. The number of ether oxygens (including phenoxy) is 2. The molecule has 1 saturated heterocycles. The highest BCUT2D eigenvalue weighted by Gasteiger charge is 2.49. The quantitative estimate of drug-likeness (QED) is 0.619. The summed E-state index contributed by atoms with van der Waals surface area (Å²) in [6.45, 7) is 3.33. The number of benzene rings is 1. The summed E-state index contributed by atoms with van der Waals surface area (Å²) < 4.78 is 25.4. The average Bonchev–Trinajstić information content (AvgIpc) is 2.90. The predicted octanol–water partition coefficient (Wildman–Crippen LogP) is -0.0748. The average molecular weight is 394 g/mol. The van der Waals surface area contributed by atoms with Crippen molar-refractivity contribution in [2.24, 2.45) is 0 Å². The largest absolute Gasteiger partial charge is 0.424 e. The van der Waals surface area contributed by atoms with E-state index in [0.717, 1.165) is 16.8 Å². The highest BCUT2D eigenvalue weighted by Crippen LogP contribution is 2.32. The number of esters is 1. The Kier molecular flexibility index (Phi) is 5.45. The van der Waals surface area contributed by atoms with Gasteiger partial charge in [-0.1, -0.05) is 18.2 Å². The first-order valence-electron chi connectivity index (χ1n) is 8.45. The molecule has 28 heavy (non-hydrogen) atoms. The molecule has 1 aromatic carbocycles. The van der Waals surface area contributed by atoms with E-state index in [4.69, 9.17) is 9.47 Å². The molecule has 2 aromatic rings. The van der Waals surface area contributed by atoms with Crippen molar-refractivity contribution in [3.63, 3.8) is 0 Å². The van der Waals surface area contributed by atoms with Crippen molar-refractivity contribution in [2.45, 2.75) is 44.7 Å². The predicted molar refractivity (Wildman–Crippen MR) is 93.5 cm³/mol. The zero-order valence-electron chi connectivity index (χ0n) is 15.0. The number of carbonyl (C=O) groups excluding carboxylic acids is 1. The van der Waals surface area contributed by atoms with Crippen LogP contribution in [0.5, 0.6) is 0 Å². The molecule has 1 aliphatic heterocycles. The number of aliphatic hydroxyl groups excluding tert-OH is 2. The van der Waals surface area contributed by atoms with Crippen molar-refractivity contribution >= 4 is 5.97 Å². The minimum Gasteiger partial charge on any atom is -0.424 e. The molecule has 2 heterocycles. The molecule has 9 nitrogen and oxygen atoms in total. The van der Waals surface area contributed by atoms with Crippen LogP contribution in [0.3, 0.4) is 0 Å². The summed E-state index contributed by atoms with van der Waals surface area (Å²) in [7, 11) is 0. The molecule has 3 rings (SSSR count). The van der Waals surface area contributed by atoms with Gasteiger partial charge in [0.05, 0.1) is 5.56 Å². The van der Waals surface area contributed by atoms with Crippen LogP contribution in [-0.2, 0) is 9.47 Å². The summed E-state index contributed by atoms with van der Waals surface area (Å²) in [4.78, 5) is 37.3. The van der Waals surface area contributed by atoms with Gasteiger partial charge in [-0.3, -0.25) is 14.3 Å². The number of rotatable bonds is 4. The molecule has 0 amide bonds. The van der Waals surface area contributed by atoms with Gasteiger partial charge in [0.15, 0.2) is 12.3 Å². The van der Waals surface area contributed by atoms with Gasteiger partial charge in [-0.2, -0.15) is 4.39 Å². The second-order valence-electron chi connectivity index (χ2n) is 6.51. The number of hydrogen-bond donors (Lipinski definition) is 3. The molecule has 150 valence electrons. The third-order valence-corrected chi connectivity index (χ3v) is 4.56. The van der Waals surface area contributed by atoms with Crippen molar-refractivity contribution < 1.29 is 28.9 Å². The lowest BCUT2D eigenvalue weighted by molar-refractivity contribution is -0.136. The van der Waals surface area contributed by atoms with Crippen molar-refractivity contribution in [2.75, 3.05) is 0 Å². The Morgan fingerprint density at radius 1 is 1.21 bits per heavy atom. The molecular weight excluding hydrogens is 375 g/mol. The van der Waals surface area contributed by atoms with Gasteiger partial charge in [-0.25, -0.2) is 9.59 Å². The van der Waals surface area contributed by atoms with Crippen molar-refractivity contribution in [3.8, 4) is 0 Å². The number of H-pyrrole nitrogens is 1. The van der Waals surface area contributed by atoms with Gasteiger partial charge < -0.3 is 19.7 Å². The van der Waals surface area contributed by atoms with E-state index in [9.17, 15) is 29.0 Å². The maximum absolute atomic E-state index is 14.6. The number of halogens is 1. The number of hydrogen-bond acceptors (Lipinski definition) is 7. The fraction of sp³-hybridized carbons (Fsp3) is 0.389. The van der Waals surface area contributed by atoms with Gasteiger partial charge in [0.1, 0.15) is 12.2 Å². The number of carbonyl (C=O) groups is 1. The van der Waals surface area contributed by atoms with Gasteiger partial charge in [0.25, 0.3) is 11.9 Å². The Bertz CT molecular complexity index is 982. The van der Waals surface area contributed by atoms with Crippen LogP contribution in [0.4, 0.5) is 4.39 Å². The molecule has 1 aromatic heterocycles. The standard InChI is InChI=1S/C18H19FN2O7/c1-8-4-3-5-9(2)11(8)17(25)28-15(19)14-12(23)13(24)16(27-14)21-7-6-10(22)20-18(21)26/h3-7,12-16,23-24H,1-2H3,(H,20,22,26)/t12-,13+,14-,15?,16+/m0/s1. The molecule has 0 bridgehead atoms. The van der Waals surface area contributed by atoms with Gasteiger partial charge >= 0.3 is 11.7 Å². The van der Waals surface area contributed by atoms with Crippen LogP contribution in [0.2, 0.25) is 0 Å². The molecule has 10 heteroatoms. The summed E-state index contributed by atoms with van der Waals surface area (Å²) in [6, 6.07) is 6.08. The van der Waals surface area contributed by atoms with Crippen LogP contribution in [0.15, 0.2) is 40.1 Å². The van der Waals surface area contributed by atoms with Crippen molar-refractivity contribution in [3.05, 3.63) is 68.0 Å². The molecule has 5 atom stereocenters. The third-order valence-electron chi connectivity index (χ3n) is 4.56. The smallest absolute Gasteiger partial charge is 0.341 e. The number of aryl methyl sites for hydroxylation is 2.